The van der Waals surface area contributed by atoms with Crippen LogP contribution < -0.4 is 5.32 Å². The molecule has 0 amide bonds. The molecule has 1 aliphatic heterocycles. The summed E-state index contributed by atoms with van der Waals surface area (Å²) < 4.78 is 27.0. The van der Waals surface area contributed by atoms with E-state index in [4.69, 9.17) is 0 Å². The van der Waals surface area contributed by atoms with Crippen LogP contribution in [-0.4, -0.2) is 32.4 Å². The van der Waals surface area contributed by atoms with Crippen molar-refractivity contribution in [3.8, 4) is 0 Å². The fourth-order valence-electron chi connectivity index (χ4n) is 2.23. The Hall–Kier alpha value is -0.430. The van der Waals surface area contributed by atoms with E-state index in [0.29, 0.717) is 17.3 Å². The Labute approximate surface area is 119 Å². The molecule has 0 unspecified atom stereocenters. The van der Waals surface area contributed by atoms with Crippen LogP contribution in [0.3, 0.4) is 0 Å². The molecule has 6 heteroatoms. The maximum Gasteiger partial charge on any atom is 0.252 e. The number of nitrogens with zero attached hydrogens (tertiary/aromatic N) is 1. The van der Waals surface area contributed by atoms with Crippen LogP contribution in [0.2, 0.25) is 0 Å². The maximum atomic E-state index is 12.4. The van der Waals surface area contributed by atoms with E-state index < -0.39 is 10.0 Å². The lowest BCUT2D eigenvalue weighted by Gasteiger charge is -2.13. The number of nitrogens with one attached hydrogen (secondary N) is 1. The number of thiophene rings is 1. The summed E-state index contributed by atoms with van der Waals surface area (Å²) in [6.45, 7) is 7.18. The minimum atomic E-state index is -3.25. The first-order valence-electron chi connectivity index (χ1n) is 6.86. The molecule has 0 atom stereocenters. The van der Waals surface area contributed by atoms with Gasteiger partial charge in [0.05, 0.1) is 0 Å². The van der Waals surface area contributed by atoms with Gasteiger partial charge in [-0.15, -0.1) is 11.3 Å². The average molecular weight is 302 g/mol. The van der Waals surface area contributed by atoms with Crippen molar-refractivity contribution >= 4 is 21.4 Å². The fourth-order valence-corrected chi connectivity index (χ4v) is 5.46. The minimum absolute atomic E-state index is 0.500. The van der Waals surface area contributed by atoms with Crippen molar-refractivity contribution in [3.05, 3.63) is 16.5 Å². The first kappa shape index (κ1) is 15.0. The molecule has 0 saturated carbocycles. The molecule has 1 aromatic rings. The predicted molar refractivity (Wildman–Crippen MR) is 79.0 cm³/mol. The molecule has 0 aromatic carbocycles. The Morgan fingerprint density at radius 2 is 2.05 bits per heavy atom. The third-order valence-electron chi connectivity index (χ3n) is 3.37. The van der Waals surface area contributed by atoms with Crippen molar-refractivity contribution in [3.63, 3.8) is 0 Å². The molecule has 0 spiro atoms. The Bertz CT molecular complexity index is 517. The van der Waals surface area contributed by atoms with Gasteiger partial charge in [0.1, 0.15) is 4.21 Å². The van der Waals surface area contributed by atoms with E-state index in [0.717, 1.165) is 42.8 Å². The standard InChI is InChI=1S/C13H22N2O2S2/c1-3-6-14-10-12-11(2)9-13(18-12)19(16,17)15-7-4-5-8-15/h9,14H,3-8,10H2,1-2H3. The summed E-state index contributed by atoms with van der Waals surface area (Å²) in [5.74, 6) is 0. The molecular weight excluding hydrogens is 280 g/mol. The first-order valence-corrected chi connectivity index (χ1v) is 9.11. The summed E-state index contributed by atoms with van der Waals surface area (Å²) in [5, 5.41) is 3.33. The largest absolute Gasteiger partial charge is 0.312 e. The third-order valence-corrected chi connectivity index (χ3v) is 6.95. The van der Waals surface area contributed by atoms with Gasteiger partial charge >= 0.3 is 0 Å². The van der Waals surface area contributed by atoms with Crippen molar-refractivity contribution in [1.29, 1.82) is 0 Å². The predicted octanol–water partition coefficient (Wildman–Crippen LogP) is 2.34. The highest BCUT2D eigenvalue weighted by atomic mass is 32.2. The Morgan fingerprint density at radius 3 is 2.68 bits per heavy atom. The summed E-state index contributed by atoms with van der Waals surface area (Å²) in [7, 11) is -3.25. The van der Waals surface area contributed by atoms with Gasteiger partial charge in [-0.25, -0.2) is 8.42 Å². The van der Waals surface area contributed by atoms with Crippen LogP contribution >= 0.6 is 11.3 Å². The molecule has 0 bridgehead atoms. The van der Waals surface area contributed by atoms with Gasteiger partial charge in [-0.05, 0) is 44.4 Å². The zero-order chi connectivity index (χ0) is 13.9. The van der Waals surface area contributed by atoms with E-state index in [1.807, 2.05) is 13.0 Å². The lowest BCUT2D eigenvalue weighted by molar-refractivity contribution is 0.479. The van der Waals surface area contributed by atoms with Crippen LogP contribution in [0.5, 0.6) is 0 Å². The first-order chi connectivity index (χ1) is 9.05. The summed E-state index contributed by atoms with van der Waals surface area (Å²) in [5.41, 5.74) is 1.08. The van der Waals surface area contributed by atoms with Crippen LogP contribution in [-0.2, 0) is 16.6 Å². The maximum absolute atomic E-state index is 12.4. The lowest BCUT2D eigenvalue weighted by Crippen LogP contribution is -2.27. The smallest absolute Gasteiger partial charge is 0.252 e. The van der Waals surface area contributed by atoms with E-state index in [2.05, 4.69) is 12.2 Å². The van der Waals surface area contributed by atoms with Gasteiger partial charge in [0.15, 0.2) is 0 Å². The highest BCUT2D eigenvalue weighted by molar-refractivity contribution is 7.91. The summed E-state index contributed by atoms with van der Waals surface area (Å²) in [6.07, 6.45) is 3.05. The zero-order valence-electron chi connectivity index (χ0n) is 11.6. The van der Waals surface area contributed by atoms with Gasteiger partial charge < -0.3 is 5.32 Å². The molecule has 1 saturated heterocycles. The molecule has 0 radical (unpaired) electrons. The molecular formula is C13H22N2O2S2. The van der Waals surface area contributed by atoms with E-state index in [1.165, 1.54) is 11.3 Å². The van der Waals surface area contributed by atoms with E-state index in [9.17, 15) is 8.42 Å². The topological polar surface area (TPSA) is 49.4 Å². The molecule has 1 aliphatic rings. The minimum Gasteiger partial charge on any atom is -0.312 e. The van der Waals surface area contributed by atoms with E-state index in [-0.39, 0.29) is 0 Å². The summed E-state index contributed by atoms with van der Waals surface area (Å²) in [6, 6.07) is 1.82. The number of hydrogen-bond donors (Lipinski definition) is 1. The van der Waals surface area contributed by atoms with Crippen LogP contribution in [0.25, 0.3) is 0 Å². The molecule has 19 heavy (non-hydrogen) atoms. The number of hydrogen-bond acceptors (Lipinski definition) is 4. The van der Waals surface area contributed by atoms with Crippen LogP contribution in [0, 0.1) is 6.92 Å². The van der Waals surface area contributed by atoms with E-state index >= 15 is 0 Å². The molecule has 1 aromatic heterocycles. The van der Waals surface area contributed by atoms with Crippen molar-refractivity contribution in [2.45, 2.75) is 43.9 Å². The molecule has 0 aliphatic carbocycles. The third kappa shape index (κ3) is 3.37. The highest BCUT2D eigenvalue weighted by Crippen LogP contribution is 2.30. The monoisotopic (exact) mass is 302 g/mol. The number of aryl methyl sites for hydroxylation is 1. The van der Waals surface area contributed by atoms with Crippen LogP contribution in [0.1, 0.15) is 36.6 Å². The lowest BCUT2D eigenvalue weighted by atomic mass is 10.3. The van der Waals surface area contributed by atoms with Crippen LogP contribution in [0.15, 0.2) is 10.3 Å². The second-order valence-corrected chi connectivity index (χ2v) is 8.26. The molecule has 2 rings (SSSR count). The molecule has 1 N–H and O–H groups in total. The fraction of sp³-hybridized carbons (Fsp3) is 0.692. The van der Waals surface area contributed by atoms with Crippen molar-refractivity contribution < 1.29 is 8.42 Å². The Kier molecular flexibility index (Phi) is 5.00. The number of sulfonamides is 1. The second kappa shape index (κ2) is 6.35. The Balaban J connectivity index is 2.14. The zero-order valence-corrected chi connectivity index (χ0v) is 13.2. The van der Waals surface area contributed by atoms with Gasteiger partial charge in [-0.2, -0.15) is 4.31 Å². The van der Waals surface area contributed by atoms with Gasteiger partial charge in [0.25, 0.3) is 10.0 Å². The molecule has 1 fully saturated rings. The average Bonchev–Trinajstić information content (AvgIpc) is 3.00. The van der Waals surface area contributed by atoms with Crippen LogP contribution in [0.4, 0.5) is 0 Å². The summed E-state index contributed by atoms with van der Waals surface area (Å²) >= 11 is 1.41. The molecule has 108 valence electrons. The van der Waals surface area contributed by atoms with E-state index in [1.54, 1.807) is 4.31 Å². The van der Waals surface area contributed by atoms with Gasteiger partial charge in [-0.1, -0.05) is 6.92 Å². The van der Waals surface area contributed by atoms with Crippen molar-refractivity contribution in [2.24, 2.45) is 0 Å². The highest BCUT2D eigenvalue weighted by Gasteiger charge is 2.29. The molecule has 2 heterocycles. The molecule has 4 nitrogen and oxygen atoms in total. The normalized spacial score (nSPS) is 17.2. The van der Waals surface area contributed by atoms with Gasteiger partial charge in [-0.3, -0.25) is 0 Å². The second-order valence-electron chi connectivity index (χ2n) is 4.96. The number of rotatable bonds is 6. The van der Waals surface area contributed by atoms with Gasteiger partial charge in [0, 0.05) is 24.5 Å². The SMILES string of the molecule is CCCNCc1sc(S(=O)(=O)N2CCCC2)cc1C. The van der Waals surface area contributed by atoms with Crippen molar-refractivity contribution in [1.82, 2.24) is 9.62 Å². The van der Waals surface area contributed by atoms with Crippen molar-refractivity contribution in [2.75, 3.05) is 19.6 Å². The Morgan fingerprint density at radius 1 is 1.37 bits per heavy atom. The summed E-state index contributed by atoms with van der Waals surface area (Å²) in [4.78, 5) is 1.13. The quantitative estimate of drug-likeness (QED) is 0.821. The van der Waals surface area contributed by atoms with Gasteiger partial charge in [0.2, 0.25) is 0 Å².